The second-order valence-electron chi connectivity index (χ2n) is 7.54. The third-order valence-corrected chi connectivity index (χ3v) is 8.07. The number of nitrogens with zero attached hydrogens (tertiary/aromatic N) is 1. The third-order valence-electron chi connectivity index (χ3n) is 4.60. The fourth-order valence-corrected chi connectivity index (χ4v) is 6.09. The molecule has 1 heterocycles. The predicted octanol–water partition coefficient (Wildman–Crippen LogP) is 6.59. The molecule has 0 saturated carbocycles. The second-order valence-corrected chi connectivity index (χ2v) is 12.8. The Kier molecular flexibility index (Phi) is 7.25. The Labute approximate surface area is 223 Å². The highest BCUT2D eigenvalue weighted by atomic mass is 35.5. The van der Waals surface area contributed by atoms with Crippen LogP contribution < -0.4 is 14.2 Å². The van der Waals surface area contributed by atoms with E-state index in [2.05, 4.69) is 14.4 Å². The minimum absolute atomic E-state index is 0.0191. The number of hydrogen-bond donors (Lipinski definition) is 2. The van der Waals surface area contributed by atoms with Crippen LogP contribution in [0, 0.1) is 0 Å². The zero-order valence-electron chi connectivity index (χ0n) is 18.3. The van der Waals surface area contributed by atoms with Crippen molar-refractivity contribution >= 4 is 76.2 Å². The number of sulfonamides is 2. The molecule has 0 bridgehead atoms. The lowest BCUT2D eigenvalue weighted by Crippen LogP contribution is -2.13. The van der Waals surface area contributed by atoms with Gasteiger partial charge >= 0.3 is 6.18 Å². The van der Waals surface area contributed by atoms with E-state index in [0.717, 1.165) is 29.7 Å². The summed E-state index contributed by atoms with van der Waals surface area (Å²) in [5, 5.41) is -0.0130. The van der Waals surface area contributed by atoms with Crippen LogP contribution in [0.5, 0.6) is 10.9 Å². The van der Waals surface area contributed by atoms with E-state index < -0.39 is 36.7 Å². The van der Waals surface area contributed by atoms with Crippen molar-refractivity contribution in [3.63, 3.8) is 0 Å². The number of fused-ring (bicyclic) bond motifs is 1. The van der Waals surface area contributed by atoms with Crippen LogP contribution >= 0.6 is 34.5 Å². The van der Waals surface area contributed by atoms with Crippen LogP contribution in [0.3, 0.4) is 0 Å². The van der Waals surface area contributed by atoms with Gasteiger partial charge in [0.05, 0.1) is 48.4 Å². The number of ether oxygens (including phenoxy) is 1. The summed E-state index contributed by atoms with van der Waals surface area (Å²) < 4.78 is 97.2. The first-order valence-electron chi connectivity index (χ1n) is 9.86. The van der Waals surface area contributed by atoms with Crippen molar-refractivity contribution in [1.29, 1.82) is 0 Å². The minimum Gasteiger partial charge on any atom is -0.428 e. The first kappa shape index (κ1) is 27.3. The zero-order chi connectivity index (χ0) is 27.2. The third kappa shape index (κ3) is 6.57. The summed E-state index contributed by atoms with van der Waals surface area (Å²) in [5.41, 5.74) is -0.182. The van der Waals surface area contributed by atoms with E-state index in [0.29, 0.717) is 28.0 Å². The molecule has 0 radical (unpaired) electrons. The van der Waals surface area contributed by atoms with E-state index >= 15 is 0 Å². The molecule has 2 N–H and O–H groups in total. The van der Waals surface area contributed by atoms with Crippen molar-refractivity contribution in [1.82, 2.24) is 4.98 Å². The van der Waals surface area contributed by atoms with Crippen molar-refractivity contribution < 1.29 is 34.7 Å². The standard InChI is InChI=1S/C21H14Cl2F3N3O5S3/c1-36(30,31)28-12-4-7-17-18(10-12)35-20(27-17)34-19-15(22)8-13(9-16(19)23)29-37(32,33)14-5-2-11(3-6-14)21(24,25)26/h2-10,28-29H,1H3. The van der Waals surface area contributed by atoms with Gasteiger partial charge in [0.25, 0.3) is 15.2 Å². The lowest BCUT2D eigenvalue weighted by Gasteiger charge is -2.13. The second kappa shape index (κ2) is 9.83. The number of anilines is 2. The van der Waals surface area contributed by atoms with E-state index in [1.807, 2.05) is 0 Å². The fraction of sp³-hybridized carbons (Fsp3) is 0.0952. The average Bonchev–Trinajstić information content (AvgIpc) is 3.16. The van der Waals surface area contributed by atoms with Crippen molar-refractivity contribution in [3.05, 3.63) is 70.2 Å². The molecule has 37 heavy (non-hydrogen) atoms. The minimum atomic E-state index is -4.61. The summed E-state index contributed by atoms with van der Waals surface area (Å²) in [7, 11) is -7.72. The molecule has 0 aliphatic rings. The molecule has 4 rings (SSSR count). The van der Waals surface area contributed by atoms with Crippen molar-refractivity contribution in [2.24, 2.45) is 0 Å². The van der Waals surface area contributed by atoms with Gasteiger partial charge in [0.2, 0.25) is 10.0 Å². The van der Waals surface area contributed by atoms with Crippen LogP contribution in [0.4, 0.5) is 24.5 Å². The smallest absolute Gasteiger partial charge is 0.416 e. The van der Waals surface area contributed by atoms with Gasteiger partial charge in [-0.2, -0.15) is 13.2 Å². The Bertz CT molecular complexity index is 1690. The zero-order valence-corrected chi connectivity index (χ0v) is 22.3. The number of nitrogens with one attached hydrogen (secondary N) is 2. The van der Waals surface area contributed by atoms with Crippen molar-refractivity contribution in [2.45, 2.75) is 11.1 Å². The van der Waals surface area contributed by atoms with Gasteiger partial charge in [0.1, 0.15) is 0 Å². The molecule has 0 unspecified atom stereocenters. The molecule has 0 saturated heterocycles. The van der Waals surface area contributed by atoms with Crippen LogP contribution in [-0.4, -0.2) is 28.1 Å². The molecule has 0 amide bonds. The van der Waals surface area contributed by atoms with Gasteiger partial charge in [-0.15, -0.1) is 0 Å². The monoisotopic (exact) mass is 611 g/mol. The largest absolute Gasteiger partial charge is 0.428 e. The van der Waals surface area contributed by atoms with Crippen molar-refractivity contribution in [2.75, 3.05) is 15.7 Å². The summed E-state index contributed by atoms with van der Waals surface area (Å²) in [4.78, 5) is 3.89. The molecule has 0 aliphatic carbocycles. The van der Waals surface area contributed by atoms with Gasteiger partial charge in [0.15, 0.2) is 5.75 Å². The number of halogens is 5. The maximum Gasteiger partial charge on any atom is 0.416 e. The Hall–Kier alpha value is -2.78. The summed E-state index contributed by atoms with van der Waals surface area (Å²) in [6, 6.07) is 10.1. The predicted molar refractivity (Wildman–Crippen MR) is 137 cm³/mol. The van der Waals surface area contributed by atoms with Gasteiger partial charge < -0.3 is 4.74 Å². The molecule has 0 spiro atoms. The molecule has 1 aromatic heterocycles. The molecule has 0 atom stereocenters. The fourth-order valence-electron chi connectivity index (χ4n) is 3.07. The Morgan fingerprint density at radius 3 is 2.08 bits per heavy atom. The molecule has 196 valence electrons. The van der Waals surface area contributed by atoms with Crippen LogP contribution in [0.2, 0.25) is 10.0 Å². The lowest BCUT2D eigenvalue weighted by molar-refractivity contribution is -0.137. The summed E-state index contributed by atoms with van der Waals surface area (Å²) >= 11 is 13.6. The highest BCUT2D eigenvalue weighted by Crippen LogP contribution is 2.41. The number of hydrogen-bond acceptors (Lipinski definition) is 7. The van der Waals surface area contributed by atoms with Gasteiger partial charge in [-0.3, -0.25) is 9.44 Å². The van der Waals surface area contributed by atoms with E-state index in [1.54, 1.807) is 12.1 Å². The average molecular weight is 612 g/mol. The van der Waals surface area contributed by atoms with Gasteiger partial charge in [-0.1, -0.05) is 34.5 Å². The molecule has 16 heteroatoms. The molecule has 8 nitrogen and oxygen atoms in total. The van der Waals surface area contributed by atoms with Gasteiger partial charge in [-0.05, 0) is 54.6 Å². The Morgan fingerprint density at radius 1 is 0.892 bits per heavy atom. The SMILES string of the molecule is CS(=O)(=O)Nc1ccc2nc(Oc3c(Cl)cc(NS(=O)(=O)c4ccc(C(F)(F)F)cc4)cc3Cl)sc2c1. The maximum atomic E-state index is 12.7. The van der Waals surface area contributed by atoms with Crippen LogP contribution in [0.1, 0.15) is 5.56 Å². The Balaban J connectivity index is 1.55. The van der Waals surface area contributed by atoms with Crippen LogP contribution in [-0.2, 0) is 26.2 Å². The molecular weight excluding hydrogens is 598 g/mol. The number of thiazole rings is 1. The van der Waals surface area contributed by atoms with Gasteiger partial charge in [0, 0.05) is 0 Å². The number of rotatable bonds is 7. The highest BCUT2D eigenvalue weighted by molar-refractivity contribution is 7.92. The molecule has 4 aromatic rings. The first-order valence-corrected chi connectivity index (χ1v) is 14.8. The van der Waals surface area contributed by atoms with Crippen LogP contribution in [0.15, 0.2) is 59.5 Å². The van der Waals surface area contributed by atoms with E-state index in [9.17, 15) is 30.0 Å². The van der Waals surface area contributed by atoms with E-state index in [1.165, 1.54) is 18.2 Å². The first-order chi connectivity index (χ1) is 17.1. The number of benzene rings is 3. The Morgan fingerprint density at radius 2 is 1.51 bits per heavy atom. The summed E-state index contributed by atoms with van der Waals surface area (Å²) in [5.74, 6) is -0.0191. The summed E-state index contributed by atoms with van der Waals surface area (Å²) in [6.45, 7) is 0. The highest BCUT2D eigenvalue weighted by Gasteiger charge is 2.30. The molecule has 3 aromatic carbocycles. The number of aromatic nitrogens is 1. The molecule has 0 aliphatic heterocycles. The maximum absolute atomic E-state index is 12.7. The lowest BCUT2D eigenvalue weighted by atomic mass is 10.2. The summed E-state index contributed by atoms with van der Waals surface area (Å²) in [6.07, 6.45) is -3.58. The topological polar surface area (TPSA) is 114 Å². The number of alkyl halides is 3. The van der Waals surface area contributed by atoms with E-state index in [4.69, 9.17) is 27.9 Å². The van der Waals surface area contributed by atoms with E-state index in [-0.39, 0.29) is 26.7 Å². The van der Waals surface area contributed by atoms with Crippen molar-refractivity contribution in [3.8, 4) is 10.9 Å². The van der Waals surface area contributed by atoms with Crippen LogP contribution in [0.25, 0.3) is 10.2 Å². The molecule has 0 fully saturated rings. The molecular formula is C21H14Cl2F3N3O5S3. The normalized spacial score (nSPS) is 12.5. The quantitative estimate of drug-likeness (QED) is 0.244. The van der Waals surface area contributed by atoms with Gasteiger partial charge in [-0.25, -0.2) is 21.8 Å².